The van der Waals surface area contributed by atoms with Crippen LogP contribution in [0.2, 0.25) is 0 Å². The molecule has 2 N–H and O–H groups in total. The Kier molecular flexibility index (Phi) is 15.3. The van der Waals surface area contributed by atoms with E-state index < -0.39 is 11.4 Å². The molecule has 0 spiro atoms. The van der Waals surface area contributed by atoms with Gasteiger partial charge >= 0.3 is 0 Å². The Balaban J connectivity index is 0. The normalized spacial score (nSPS) is 10.2. The van der Waals surface area contributed by atoms with E-state index in [0.29, 0.717) is 0 Å². The van der Waals surface area contributed by atoms with E-state index >= 15 is 0 Å². The number of hydrogen-bond acceptors (Lipinski definition) is 2. The van der Waals surface area contributed by atoms with Gasteiger partial charge in [0.15, 0.2) is 0 Å². The Morgan fingerprint density at radius 1 is 0.929 bits per heavy atom. The van der Waals surface area contributed by atoms with Gasteiger partial charge in [0, 0.05) is 0 Å². The van der Waals surface area contributed by atoms with Gasteiger partial charge in [0.25, 0.3) is 11.4 Å². The summed E-state index contributed by atoms with van der Waals surface area (Å²) in [5.41, 5.74) is 0. The van der Waals surface area contributed by atoms with Gasteiger partial charge in [0.1, 0.15) is 0 Å². The van der Waals surface area contributed by atoms with Gasteiger partial charge in [-0.3, -0.25) is 9.11 Å². The van der Waals surface area contributed by atoms with E-state index in [1.165, 1.54) is 38.9 Å². The average molecular weight is 225 g/mol. The molecule has 0 aromatic heterocycles. The minimum Gasteiger partial charge on any atom is -0.303 e. The molecular weight excluding hydrogens is 202 g/mol. The predicted octanol–water partition coefficient (Wildman–Crippen LogP) is 2.20. The first-order valence-corrected chi connectivity index (χ1v) is 6.17. The Hall–Kier alpha value is 0.0300. The van der Waals surface area contributed by atoms with Crippen LogP contribution in [0.5, 0.6) is 0 Å². The van der Waals surface area contributed by atoms with E-state index in [1.807, 2.05) is 0 Å². The van der Waals surface area contributed by atoms with Crippen LogP contribution in [-0.4, -0.2) is 37.8 Å². The quantitative estimate of drug-likeness (QED) is 0.680. The molecule has 0 radical (unpaired) electrons. The second kappa shape index (κ2) is 13.0. The van der Waals surface area contributed by atoms with Crippen LogP contribution in [-0.2, 0) is 11.4 Å². The Morgan fingerprint density at radius 3 is 1.29 bits per heavy atom. The van der Waals surface area contributed by atoms with E-state index in [2.05, 4.69) is 25.7 Å². The van der Waals surface area contributed by atoms with Crippen molar-refractivity contribution in [1.82, 2.24) is 4.90 Å². The molecule has 0 unspecified atom stereocenters. The Labute approximate surface area is 89.8 Å². The number of hydrogen-bond donors (Lipinski definition) is 2. The van der Waals surface area contributed by atoms with Gasteiger partial charge in [0.2, 0.25) is 0 Å². The summed E-state index contributed by atoms with van der Waals surface area (Å²) in [6.07, 6.45) is 3.88. The van der Waals surface area contributed by atoms with Gasteiger partial charge in [0.05, 0.1) is 0 Å². The molecule has 0 heterocycles. The van der Waals surface area contributed by atoms with Crippen LogP contribution in [0.3, 0.4) is 0 Å². The minimum absolute atomic E-state index is 1.28. The first-order valence-electron chi connectivity index (χ1n) is 5.10. The molecule has 0 atom stereocenters. The zero-order chi connectivity index (χ0) is 11.4. The molecule has 0 aliphatic rings. The van der Waals surface area contributed by atoms with Crippen LogP contribution >= 0.6 is 0 Å². The maximum atomic E-state index is 8.67. The second-order valence-corrected chi connectivity index (χ2v) is 3.53. The summed E-state index contributed by atoms with van der Waals surface area (Å²) in [7, 11) is 0. The largest absolute Gasteiger partial charge is 0.303 e. The first-order chi connectivity index (χ1) is 6.58. The van der Waals surface area contributed by atoms with Crippen molar-refractivity contribution in [3.05, 3.63) is 0 Å². The molecule has 0 aliphatic heterocycles. The summed E-state index contributed by atoms with van der Waals surface area (Å²) in [5.74, 6) is 0. The highest BCUT2D eigenvalue weighted by atomic mass is 32.2. The summed E-state index contributed by atoms with van der Waals surface area (Å²) in [4.78, 5) is 2.54. The van der Waals surface area contributed by atoms with Crippen LogP contribution in [0, 0.1) is 0 Å². The van der Waals surface area contributed by atoms with Crippen molar-refractivity contribution in [3.8, 4) is 0 Å². The molecule has 0 rings (SSSR count). The molecule has 0 aromatic rings. The highest BCUT2D eigenvalue weighted by molar-refractivity contribution is 7.73. The van der Waals surface area contributed by atoms with E-state index in [-0.39, 0.29) is 0 Å². The van der Waals surface area contributed by atoms with Gasteiger partial charge in [-0.15, -0.1) is 0 Å². The lowest BCUT2D eigenvalue weighted by molar-refractivity contribution is 0.275. The molecule has 0 saturated carbocycles. The molecule has 14 heavy (non-hydrogen) atoms. The standard InChI is InChI=1S/C9H21N.H2O3S/c1-4-7-10(8-5-2)9-6-3;1-4(2)3/h4-9H2,1-3H3;(H2,1,2,3). The summed E-state index contributed by atoms with van der Waals surface area (Å²) < 4.78 is 22.8. The summed E-state index contributed by atoms with van der Waals surface area (Å²) in [6.45, 7) is 10.6. The van der Waals surface area contributed by atoms with Crippen molar-refractivity contribution in [3.63, 3.8) is 0 Å². The molecule has 0 bridgehead atoms. The highest BCUT2D eigenvalue weighted by Gasteiger charge is 1.98. The van der Waals surface area contributed by atoms with E-state index in [4.69, 9.17) is 13.3 Å². The molecule has 0 saturated heterocycles. The van der Waals surface area contributed by atoms with Crippen LogP contribution < -0.4 is 0 Å². The van der Waals surface area contributed by atoms with Gasteiger partial charge in [-0.2, -0.15) is 4.21 Å². The maximum absolute atomic E-state index is 8.67. The monoisotopic (exact) mass is 225 g/mol. The molecule has 0 aliphatic carbocycles. The SMILES string of the molecule is CCCN(CCC)CCC.O=S(O)O. The molecule has 0 fully saturated rings. The van der Waals surface area contributed by atoms with Crippen molar-refractivity contribution >= 4 is 11.4 Å². The third-order valence-electron chi connectivity index (χ3n) is 1.62. The summed E-state index contributed by atoms with van der Waals surface area (Å²) in [5, 5.41) is 0. The minimum atomic E-state index is -2.61. The lowest BCUT2D eigenvalue weighted by atomic mass is 10.3. The van der Waals surface area contributed by atoms with Gasteiger partial charge in [-0.25, -0.2) is 0 Å². The predicted molar refractivity (Wildman–Crippen MR) is 60.7 cm³/mol. The van der Waals surface area contributed by atoms with Crippen molar-refractivity contribution in [2.45, 2.75) is 40.0 Å². The second-order valence-electron chi connectivity index (χ2n) is 3.07. The maximum Gasteiger partial charge on any atom is 0.299 e. The molecule has 0 aromatic carbocycles. The van der Waals surface area contributed by atoms with Crippen molar-refractivity contribution in [1.29, 1.82) is 0 Å². The highest BCUT2D eigenvalue weighted by Crippen LogP contribution is 1.94. The molecule has 4 nitrogen and oxygen atoms in total. The molecular formula is C9H23NO3S. The third kappa shape index (κ3) is 17.9. The summed E-state index contributed by atoms with van der Waals surface area (Å²) >= 11 is -2.61. The Bertz CT molecular complexity index is 115. The fourth-order valence-electron chi connectivity index (χ4n) is 1.28. The van der Waals surface area contributed by atoms with Crippen molar-refractivity contribution in [2.75, 3.05) is 19.6 Å². The van der Waals surface area contributed by atoms with Crippen LogP contribution in [0.25, 0.3) is 0 Å². The van der Waals surface area contributed by atoms with E-state index in [0.717, 1.165) is 0 Å². The third-order valence-corrected chi connectivity index (χ3v) is 1.62. The van der Waals surface area contributed by atoms with E-state index in [9.17, 15) is 0 Å². The number of nitrogens with zero attached hydrogens (tertiary/aromatic N) is 1. The van der Waals surface area contributed by atoms with Crippen molar-refractivity contribution < 1.29 is 13.3 Å². The van der Waals surface area contributed by atoms with Crippen LogP contribution in [0.15, 0.2) is 0 Å². The zero-order valence-corrected chi connectivity index (χ0v) is 10.2. The molecule has 88 valence electrons. The molecule has 5 heteroatoms. The van der Waals surface area contributed by atoms with Gasteiger partial charge in [-0.05, 0) is 38.9 Å². The number of rotatable bonds is 6. The van der Waals surface area contributed by atoms with Gasteiger partial charge < -0.3 is 4.90 Å². The lowest BCUT2D eigenvalue weighted by Gasteiger charge is -2.19. The topological polar surface area (TPSA) is 60.8 Å². The van der Waals surface area contributed by atoms with E-state index in [1.54, 1.807) is 0 Å². The lowest BCUT2D eigenvalue weighted by Crippen LogP contribution is -2.25. The smallest absolute Gasteiger partial charge is 0.299 e. The van der Waals surface area contributed by atoms with Gasteiger partial charge in [-0.1, -0.05) is 20.8 Å². The Morgan fingerprint density at radius 2 is 1.14 bits per heavy atom. The zero-order valence-electron chi connectivity index (χ0n) is 9.40. The average Bonchev–Trinajstić information content (AvgIpc) is 2.04. The van der Waals surface area contributed by atoms with Crippen LogP contribution in [0.1, 0.15) is 40.0 Å². The first kappa shape index (κ1) is 16.5. The molecule has 0 amide bonds. The fraction of sp³-hybridized carbons (Fsp3) is 1.00. The van der Waals surface area contributed by atoms with Crippen molar-refractivity contribution in [2.24, 2.45) is 0 Å². The summed E-state index contributed by atoms with van der Waals surface area (Å²) in [6, 6.07) is 0. The fourth-order valence-corrected chi connectivity index (χ4v) is 1.28. The van der Waals surface area contributed by atoms with Crippen LogP contribution in [0.4, 0.5) is 0 Å².